The van der Waals surface area contributed by atoms with E-state index in [0.29, 0.717) is 41.7 Å². The molecule has 0 atom stereocenters. The molecule has 37 heavy (non-hydrogen) atoms. The Bertz CT molecular complexity index is 1400. The van der Waals surface area contributed by atoms with Crippen molar-refractivity contribution in [1.29, 1.82) is 0 Å². The molecule has 7 heteroatoms. The van der Waals surface area contributed by atoms with Gasteiger partial charge in [-0.2, -0.15) is 0 Å². The Hall–Kier alpha value is -2.96. The van der Waals surface area contributed by atoms with Gasteiger partial charge in [-0.3, -0.25) is 14.7 Å². The third kappa shape index (κ3) is 4.85. The fourth-order valence-corrected chi connectivity index (χ4v) is 6.24. The highest BCUT2D eigenvalue weighted by atomic mass is 35.5. The van der Waals surface area contributed by atoms with Crippen LogP contribution in [0.25, 0.3) is 11.1 Å². The molecule has 0 saturated heterocycles. The molecule has 0 fully saturated rings. The Morgan fingerprint density at radius 2 is 2.03 bits per heavy atom. The molecule has 5 rings (SSSR count). The number of rotatable bonds is 5. The van der Waals surface area contributed by atoms with Gasteiger partial charge in [-0.25, -0.2) is 4.39 Å². The maximum Gasteiger partial charge on any atom is 0.307 e. The molecule has 1 N–H and O–H groups in total. The number of aliphatic carboxylic acids is 1. The molecule has 0 unspecified atom stereocenters. The topological polar surface area (TPSA) is 62.7 Å². The van der Waals surface area contributed by atoms with Gasteiger partial charge in [0.05, 0.1) is 18.7 Å². The van der Waals surface area contributed by atoms with Gasteiger partial charge in [0, 0.05) is 41.3 Å². The summed E-state index contributed by atoms with van der Waals surface area (Å²) in [6, 6.07) is 9.37. The Kier molecular flexibility index (Phi) is 6.75. The number of pyridine rings is 1. The lowest BCUT2D eigenvalue weighted by molar-refractivity contribution is -0.136. The van der Waals surface area contributed by atoms with Crippen LogP contribution in [-0.4, -0.2) is 34.1 Å². The predicted octanol–water partition coefficient (Wildman–Crippen LogP) is 6.40. The number of nitrogens with zero attached hydrogens (tertiary/aromatic N) is 2. The normalized spacial score (nSPS) is 16.6. The van der Waals surface area contributed by atoms with Crippen LogP contribution in [0, 0.1) is 19.7 Å². The molecule has 2 aromatic carbocycles. The molecule has 3 heterocycles. The minimum atomic E-state index is -0.934. The average molecular weight is 523 g/mol. The van der Waals surface area contributed by atoms with E-state index in [2.05, 4.69) is 24.8 Å². The lowest BCUT2D eigenvalue weighted by atomic mass is 9.77. The highest BCUT2D eigenvalue weighted by molar-refractivity contribution is 6.30. The highest BCUT2D eigenvalue weighted by Crippen LogP contribution is 2.44. The van der Waals surface area contributed by atoms with Crippen molar-refractivity contribution in [3.05, 3.63) is 80.4 Å². The third-order valence-corrected chi connectivity index (χ3v) is 7.81. The standard InChI is InChI=1S/C30H32ClFN2O3/c1-17-21-9-6-10-37-28(21)25(32)12-22(17)27-23(13-26(35)36)18(2)33-29-24(27)15-34(16-30(29,3)4)14-19-7-5-8-20(31)11-19/h5,7-8,11-12H,6,9-10,13-16H2,1-4H3,(H,35,36). The van der Waals surface area contributed by atoms with Crippen LogP contribution < -0.4 is 4.74 Å². The number of ether oxygens (including phenoxy) is 1. The number of carboxylic acid groups (broad SMARTS) is 1. The number of hydrogen-bond acceptors (Lipinski definition) is 4. The van der Waals surface area contributed by atoms with Crippen LogP contribution in [0.3, 0.4) is 0 Å². The monoisotopic (exact) mass is 522 g/mol. The van der Waals surface area contributed by atoms with E-state index < -0.39 is 11.8 Å². The number of hydrogen-bond donors (Lipinski definition) is 1. The summed E-state index contributed by atoms with van der Waals surface area (Å²) < 4.78 is 21.1. The zero-order valence-electron chi connectivity index (χ0n) is 21.8. The highest BCUT2D eigenvalue weighted by Gasteiger charge is 2.37. The second kappa shape index (κ2) is 9.73. The van der Waals surface area contributed by atoms with Gasteiger partial charge in [0.15, 0.2) is 11.6 Å². The number of fused-ring (bicyclic) bond motifs is 2. The van der Waals surface area contributed by atoms with E-state index in [9.17, 15) is 9.90 Å². The van der Waals surface area contributed by atoms with Gasteiger partial charge >= 0.3 is 5.97 Å². The number of aryl methyl sites for hydroxylation is 1. The van der Waals surface area contributed by atoms with Crippen molar-refractivity contribution in [1.82, 2.24) is 9.88 Å². The van der Waals surface area contributed by atoms with E-state index in [4.69, 9.17) is 21.3 Å². The Morgan fingerprint density at radius 3 is 2.76 bits per heavy atom. The molecular formula is C30H32ClFN2O3. The summed E-state index contributed by atoms with van der Waals surface area (Å²) in [5, 5.41) is 10.5. The van der Waals surface area contributed by atoms with E-state index >= 15 is 4.39 Å². The van der Waals surface area contributed by atoms with Crippen molar-refractivity contribution < 1.29 is 19.0 Å². The second-order valence-electron chi connectivity index (χ2n) is 10.9. The zero-order chi connectivity index (χ0) is 26.5. The molecule has 1 aromatic heterocycles. The molecule has 0 radical (unpaired) electrons. The van der Waals surface area contributed by atoms with Gasteiger partial charge in [-0.1, -0.05) is 37.6 Å². The number of benzene rings is 2. The smallest absolute Gasteiger partial charge is 0.307 e. The lowest BCUT2D eigenvalue weighted by Crippen LogP contribution is -2.43. The van der Waals surface area contributed by atoms with Crippen LogP contribution in [0.4, 0.5) is 4.39 Å². The summed E-state index contributed by atoms with van der Waals surface area (Å²) in [6.07, 6.45) is 1.39. The molecule has 5 nitrogen and oxygen atoms in total. The van der Waals surface area contributed by atoms with Gasteiger partial charge < -0.3 is 9.84 Å². The second-order valence-corrected chi connectivity index (χ2v) is 11.3. The molecule has 194 valence electrons. The van der Waals surface area contributed by atoms with Gasteiger partial charge in [-0.05, 0) is 78.3 Å². The van der Waals surface area contributed by atoms with E-state index in [-0.39, 0.29) is 11.8 Å². The van der Waals surface area contributed by atoms with Crippen LogP contribution in [0.15, 0.2) is 30.3 Å². The molecule has 3 aromatic rings. The van der Waals surface area contributed by atoms with Gasteiger partial charge in [0.25, 0.3) is 0 Å². The average Bonchev–Trinajstić information content (AvgIpc) is 2.82. The first kappa shape index (κ1) is 25.7. The molecular weight excluding hydrogens is 491 g/mol. The lowest BCUT2D eigenvalue weighted by Gasteiger charge is -2.41. The maximum atomic E-state index is 15.4. The van der Waals surface area contributed by atoms with Crippen molar-refractivity contribution in [2.45, 2.75) is 65.5 Å². The summed E-state index contributed by atoms with van der Waals surface area (Å²) in [6.45, 7) is 10.7. The first-order chi connectivity index (χ1) is 17.5. The number of carbonyl (C=O) groups is 1. The fourth-order valence-electron chi connectivity index (χ4n) is 6.03. The van der Waals surface area contributed by atoms with Crippen molar-refractivity contribution in [2.75, 3.05) is 13.2 Å². The molecule has 2 aliphatic heterocycles. The Balaban J connectivity index is 1.72. The molecule has 2 aliphatic rings. The summed E-state index contributed by atoms with van der Waals surface area (Å²) in [5.74, 6) is -1.00. The van der Waals surface area contributed by atoms with Crippen LogP contribution in [0.5, 0.6) is 5.75 Å². The first-order valence-corrected chi connectivity index (χ1v) is 13.1. The van der Waals surface area contributed by atoms with Gasteiger partial charge in [0.2, 0.25) is 0 Å². The van der Waals surface area contributed by atoms with Crippen molar-refractivity contribution >= 4 is 17.6 Å². The Labute approximate surface area is 222 Å². The van der Waals surface area contributed by atoms with E-state index in [0.717, 1.165) is 58.5 Å². The number of halogens is 2. The van der Waals surface area contributed by atoms with E-state index in [1.54, 1.807) is 0 Å². The summed E-state index contributed by atoms with van der Waals surface area (Å²) >= 11 is 6.25. The predicted molar refractivity (Wildman–Crippen MR) is 143 cm³/mol. The fraction of sp³-hybridized carbons (Fsp3) is 0.400. The molecule has 0 amide bonds. The third-order valence-electron chi connectivity index (χ3n) is 7.58. The molecule has 0 spiro atoms. The number of carboxylic acids is 1. The van der Waals surface area contributed by atoms with E-state index in [1.807, 2.05) is 32.0 Å². The quantitative estimate of drug-likeness (QED) is 0.420. The maximum absolute atomic E-state index is 15.4. The van der Waals surface area contributed by atoms with Crippen LogP contribution >= 0.6 is 11.6 Å². The molecule has 0 bridgehead atoms. The first-order valence-electron chi connectivity index (χ1n) is 12.7. The van der Waals surface area contributed by atoms with Gasteiger partial charge in [-0.15, -0.1) is 0 Å². The largest absolute Gasteiger partial charge is 0.490 e. The van der Waals surface area contributed by atoms with Crippen LogP contribution in [0.1, 0.15) is 59.5 Å². The van der Waals surface area contributed by atoms with Crippen molar-refractivity contribution in [3.8, 4) is 16.9 Å². The van der Waals surface area contributed by atoms with Crippen molar-refractivity contribution in [3.63, 3.8) is 0 Å². The molecule has 0 aliphatic carbocycles. The summed E-state index contributed by atoms with van der Waals surface area (Å²) in [5.41, 5.74) is 7.41. The minimum Gasteiger partial charge on any atom is -0.490 e. The number of aromatic nitrogens is 1. The molecule has 0 saturated carbocycles. The minimum absolute atomic E-state index is 0.176. The Morgan fingerprint density at radius 1 is 1.24 bits per heavy atom. The van der Waals surface area contributed by atoms with Gasteiger partial charge in [0.1, 0.15) is 0 Å². The van der Waals surface area contributed by atoms with Crippen LogP contribution in [0.2, 0.25) is 5.02 Å². The van der Waals surface area contributed by atoms with Crippen LogP contribution in [-0.2, 0) is 36.1 Å². The summed E-state index contributed by atoms with van der Waals surface area (Å²) in [7, 11) is 0. The van der Waals surface area contributed by atoms with E-state index in [1.165, 1.54) is 6.07 Å². The SMILES string of the molecule is Cc1nc2c(c(-c3cc(F)c4c(c3C)CCCO4)c1CC(=O)O)CN(Cc1cccc(Cl)c1)CC2(C)C. The zero-order valence-corrected chi connectivity index (χ0v) is 22.5. The van der Waals surface area contributed by atoms with Crippen molar-refractivity contribution in [2.24, 2.45) is 0 Å². The summed E-state index contributed by atoms with van der Waals surface area (Å²) in [4.78, 5) is 19.3.